The number of amides is 1. The zero-order chi connectivity index (χ0) is 13.6. The predicted octanol–water partition coefficient (Wildman–Crippen LogP) is 0.998. The summed E-state index contributed by atoms with van der Waals surface area (Å²) in [5.41, 5.74) is 3.98. The molecule has 3 N–H and O–H groups in total. The average molecular weight is 249 g/mol. The average Bonchev–Trinajstić information content (AvgIpc) is 2.11. The van der Waals surface area contributed by atoms with E-state index in [4.69, 9.17) is 15.7 Å². The molecule has 1 heterocycles. The zero-order valence-electron chi connectivity index (χ0n) is 10.3. The van der Waals surface area contributed by atoms with E-state index in [0.717, 1.165) is 0 Å². The third-order valence-corrected chi connectivity index (χ3v) is 3.21. The number of aliphatic hydroxyl groups is 1. The molecule has 2 unspecified atom stereocenters. The number of aliphatic imine (C=N–C) groups is 1. The van der Waals surface area contributed by atoms with Gasteiger partial charge in [-0.05, 0) is 17.9 Å². The minimum absolute atomic E-state index is 0.106. The number of aliphatic hydroxyl groups excluding tert-OH is 1. The van der Waals surface area contributed by atoms with Crippen molar-refractivity contribution < 1.29 is 14.6 Å². The van der Waals surface area contributed by atoms with Crippen LogP contribution in [-0.2, 0) is 9.53 Å². The zero-order valence-corrected chi connectivity index (χ0v) is 10.3. The number of amidine groups is 1. The molecule has 0 radical (unpaired) electrons. The standard InChI is InChI=1S/C12H15N3O3/c1-11(2)3-7(16)4-12(6-11)8(5-13)9(17)15-10(14)18-12/h4,8,16H,3,6H2,1-2H3,(H2,14,15,17). The summed E-state index contributed by atoms with van der Waals surface area (Å²) in [6, 6.07) is 1.64. The number of nitrogens with two attached hydrogens (primary N) is 1. The van der Waals surface area contributed by atoms with Crippen LogP contribution >= 0.6 is 0 Å². The maximum atomic E-state index is 11.7. The summed E-state index contributed by atoms with van der Waals surface area (Å²) < 4.78 is 5.44. The molecule has 0 aromatic rings. The summed E-state index contributed by atoms with van der Waals surface area (Å²) >= 11 is 0. The van der Waals surface area contributed by atoms with Crippen molar-refractivity contribution in [3.8, 4) is 6.07 Å². The van der Waals surface area contributed by atoms with Gasteiger partial charge < -0.3 is 15.6 Å². The van der Waals surface area contributed by atoms with Crippen molar-refractivity contribution in [2.24, 2.45) is 22.1 Å². The lowest BCUT2D eigenvalue weighted by Crippen LogP contribution is -2.53. The number of carbonyl (C=O) groups excluding carboxylic acids is 1. The summed E-state index contributed by atoms with van der Waals surface area (Å²) in [5, 5.41) is 19.0. The van der Waals surface area contributed by atoms with E-state index >= 15 is 0 Å². The maximum Gasteiger partial charge on any atom is 0.290 e. The Morgan fingerprint density at radius 3 is 2.89 bits per heavy atom. The molecule has 1 spiro atoms. The minimum Gasteiger partial charge on any atom is -0.512 e. The summed E-state index contributed by atoms with van der Waals surface area (Å²) in [4.78, 5) is 15.2. The first-order valence-electron chi connectivity index (χ1n) is 5.65. The van der Waals surface area contributed by atoms with Crippen molar-refractivity contribution in [3.63, 3.8) is 0 Å². The number of allylic oxidation sites excluding steroid dienone is 1. The topological polar surface area (TPSA) is 109 Å². The Morgan fingerprint density at radius 2 is 2.33 bits per heavy atom. The van der Waals surface area contributed by atoms with Crippen LogP contribution in [0.3, 0.4) is 0 Å². The second kappa shape index (κ2) is 3.73. The van der Waals surface area contributed by atoms with Crippen LogP contribution < -0.4 is 5.73 Å². The molecule has 96 valence electrons. The number of carbonyl (C=O) groups is 1. The normalized spacial score (nSPS) is 34.3. The maximum absolute atomic E-state index is 11.7. The first kappa shape index (κ1) is 12.4. The molecule has 0 bridgehead atoms. The summed E-state index contributed by atoms with van der Waals surface area (Å²) in [6.07, 6.45) is 2.32. The lowest BCUT2D eigenvalue weighted by atomic mass is 9.68. The van der Waals surface area contributed by atoms with E-state index in [1.165, 1.54) is 6.08 Å². The van der Waals surface area contributed by atoms with Gasteiger partial charge in [0.25, 0.3) is 11.9 Å². The molecule has 6 nitrogen and oxygen atoms in total. The molecule has 0 aromatic heterocycles. The number of rotatable bonds is 0. The smallest absolute Gasteiger partial charge is 0.290 e. The molecule has 0 saturated carbocycles. The molecular formula is C12H15N3O3. The van der Waals surface area contributed by atoms with Gasteiger partial charge in [0.1, 0.15) is 0 Å². The number of nitriles is 1. The molecule has 6 heteroatoms. The van der Waals surface area contributed by atoms with E-state index in [9.17, 15) is 9.90 Å². The Morgan fingerprint density at radius 1 is 1.67 bits per heavy atom. The number of nitrogens with zero attached hydrogens (tertiary/aromatic N) is 2. The van der Waals surface area contributed by atoms with Crippen molar-refractivity contribution in [1.82, 2.24) is 0 Å². The van der Waals surface area contributed by atoms with Crippen LogP contribution in [0.2, 0.25) is 0 Å². The predicted molar refractivity (Wildman–Crippen MR) is 63.3 cm³/mol. The lowest BCUT2D eigenvalue weighted by Gasteiger charge is -2.44. The Labute approximate surface area is 105 Å². The Bertz CT molecular complexity index is 501. The number of hydrogen-bond donors (Lipinski definition) is 2. The van der Waals surface area contributed by atoms with Crippen LogP contribution in [0.1, 0.15) is 26.7 Å². The molecule has 1 amide bonds. The van der Waals surface area contributed by atoms with Crippen molar-refractivity contribution >= 4 is 11.9 Å². The van der Waals surface area contributed by atoms with Gasteiger partial charge in [-0.2, -0.15) is 10.3 Å². The van der Waals surface area contributed by atoms with Gasteiger partial charge in [0, 0.05) is 6.42 Å². The van der Waals surface area contributed by atoms with Gasteiger partial charge in [-0.15, -0.1) is 0 Å². The van der Waals surface area contributed by atoms with Gasteiger partial charge in [-0.1, -0.05) is 13.8 Å². The third kappa shape index (κ3) is 1.92. The lowest BCUT2D eigenvalue weighted by molar-refractivity contribution is -0.129. The third-order valence-electron chi connectivity index (χ3n) is 3.21. The van der Waals surface area contributed by atoms with Crippen LogP contribution in [-0.4, -0.2) is 22.6 Å². The van der Waals surface area contributed by atoms with Crippen molar-refractivity contribution in [3.05, 3.63) is 11.8 Å². The minimum atomic E-state index is -1.20. The molecule has 2 atom stereocenters. The van der Waals surface area contributed by atoms with Crippen molar-refractivity contribution in [2.75, 3.05) is 0 Å². The fourth-order valence-corrected chi connectivity index (χ4v) is 2.76. The molecule has 1 aliphatic carbocycles. The molecule has 18 heavy (non-hydrogen) atoms. The van der Waals surface area contributed by atoms with E-state index in [2.05, 4.69) is 4.99 Å². The van der Waals surface area contributed by atoms with Gasteiger partial charge in [-0.25, -0.2) is 0 Å². The van der Waals surface area contributed by atoms with E-state index in [1.807, 2.05) is 19.9 Å². The summed E-state index contributed by atoms with van der Waals surface area (Å²) in [7, 11) is 0. The van der Waals surface area contributed by atoms with Gasteiger partial charge in [-0.3, -0.25) is 4.79 Å². The Hall–Kier alpha value is -2.03. The monoisotopic (exact) mass is 249 g/mol. The molecule has 1 aliphatic heterocycles. The van der Waals surface area contributed by atoms with E-state index in [0.29, 0.717) is 12.8 Å². The second-order valence-corrected chi connectivity index (χ2v) is 5.56. The molecule has 2 rings (SSSR count). The number of hydrogen-bond acceptors (Lipinski definition) is 5. The summed E-state index contributed by atoms with van der Waals surface area (Å²) in [6.45, 7) is 3.87. The second-order valence-electron chi connectivity index (χ2n) is 5.56. The summed E-state index contributed by atoms with van der Waals surface area (Å²) in [5.74, 6) is -1.59. The number of ether oxygens (including phenoxy) is 1. The van der Waals surface area contributed by atoms with Crippen LogP contribution in [0.5, 0.6) is 0 Å². The molecule has 0 fully saturated rings. The van der Waals surface area contributed by atoms with Crippen LogP contribution in [0.15, 0.2) is 16.8 Å². The first-order valence-corrected chi connectivity index (χ1v) is 5.65. The Kier molecular flexibility index (Phi) is 2.58. The van der Waals surface area contributed by atoms with Gasteiger partial charge in [0.15, 0.2) is 11.5 Å². The molecule has 0 saturated heterocycles. The highest BCUT2D eigenvalue weighted by Gasteiger charge is 2.53. The highest BCUT2D eigenvalue weighted by Crippen LogP contribution is 2.46. The Balaban J connectivity index is 2.53. The van der Waals surface area contributed by atoms with Crippen LogP contribution in [0.25, 0.3) is 0 Å². The van der Waals surface area contributed by atoms with Gasteiger partial charge in [0.2, 0.25) is 0 Å². The van der Waals surface area contributed by atoms with Crippen molar-refractivity contribution in [2.45, 2.75) is 32.3 Å². The van der Waals surface area contributed by atoms with Gasteiger partial charge in [0.05, 0.1) is 11.8 Å². The fourth-order valence-electron chi connectivity index (χ4n) is 2.76. The SMILES string of the molecule is CC1(C)CC(O)=CC2(C1)OC(N)=NC(=O)C2C#N. The largest absolute Gasteiger partial charge is 0.512 e. The highest BCUT2D eigenvalue weighted by atomic mass is 16.5. The van der Waals surface area contributed by atoms with E-state index in [-0.39, 0.29) is 17.2 Å². The van der Waals surface area contributed by atoms with Crippen LogP contribution in [0.4, 0.5) is 0 Å². The molecule has 2 aliphatic rings. The van der Waals surface area contributed by atoms with Crippen LogP contribution in [0, 0.1) is 22.7 Å². The molecular weight excluding hydrogens is 234 g/mol. The molecule has 0 aromatic carbocycles. The highest BCUT2D eigenvalue weighted by molar-refractivity contribution is 5.96. The quantitative estimate of drug-likeness (QED) is 0.665. The first-order chi connectivity index (χ1) is 8.28. The van der Waals surface area contributed by atoms with E-state index < -0.39 is 17.4 Å². The van der Waals surface area contributed by atoms with E-state index in [1.54, 1.807) is 0 Å². The van der Waals surface area contributed by atoms with Gasteiger partial charge >= 0.3 is 0 Å². The van der Waals surface area contributed by atoms with Crippen molar-refractivity contribution in [1.29, 1.82) is 5.26 Å². The fraction of sp³-hybridized carbons (Fsp3) is 0.583.